The molecule has 0 atom stereocenters. The van der Waals surface area contributed by atoms with Crippen molar-refractivity contribution >= 4 is 5.97 Å². The summed E-state index contributed by atoms with van der Waals surface area (Å²) < 4.78 is 5.90. The monoisotopic (exact) mass is 320 g/mol. The summed E-state index contributed by atoms with van der Waals surface area (Å²) in [5.74, 6) is -0.755. The highest BCUT2D eigenvalue weighted by Crippen LogP contribution is 2.33. The highest BCUT2D eigenvalue weighted by molar-refractivity contribution is 5.92. The zero-order valence-corrected chi connectivity index (χ0v) is 12.8. The number of aromatic hydroxyl groups is 1. The minimum Gasteiger partial charge on any atom is -0.507 e. The molecule has 0 saturated heterocycles. The molecule has 0 aromatic heterocycles. The van der Waals surface area contributed by atoms with E-state index in [1.54, 1.807) is 6.07 Å². The van der Waals surface area contributed by atoms with Crippen molar-refractivity contribution in [1.82, 2.24) is 0 Å². The standard InChI is InChI=1S/C20H16O4/c21-18-12-15(10-11-17(18)20(22)23)16-8-4-5-9-19(16)24-13-14-6-2-1-3-7-14/h1-12,21H,13H2,(H,22,23). The van der Waals surface area contributed by atoms with Gasteiger partial charge < -0.3 is 14.9 Å². The van der Waals surface area contributed by atoms with Gasteiger partial charge in [-0.2, -0.15) is 0 Å². The lowest BCUT2D eigenvalue weighted by Crippen LogP contribution is -1.98. The molecule has 120 valence electrons. The number of carbonyl (C=O) groups is 1. The predicted molar refractivity (Wildman–Crippen MR) is 91.3 cm³/mol. The lowest BCUT2D eigenvalue weighted by atomic mass is 10.0. The summed E-state index contributed by atoms with van der Waals surface area (Å²) in [7, 11) is 0. The molecule has 4 heteroatoms. The summed E-state index contributed by atoms with van der Waals surface area (Å²) in [6, 6.07) is 21.8. The Bertz CT molecular complexity index is 857. The van der Waals surface area contributed by atoms with Gasteiger partial charge in [0, 0.05) is 5.56 Å². The number of hydrogen-bond acceptors (Lipinski definition) is 3. The molecule has 24 heavy (non-hydrogen) atoms. The van der Waals surface area contributed by atoms with Gasteiger partial charge in [0.2, 0.25) is 0 Å². The average Bonchev–Trinajstić information content (AvgIpc) is 2.60. The quantitative estimate of drug-likeness (QED) is 0.734. The molecule has 2 N–H and O–H groups in total. The minimum absolute atomic E-state index is 0.124. The molecule has 3 rings (SSSR count). The van der Waals surface area contributed by atoms with Crippen LogP contribution in [-0.4, -0.2) is 16.2 Å². The van der Waals surface area contributed by atoms with Crippen molar-refractivity contribution in [2.24, 2.45) is 0 Å². The van der Waals surface area contributed by atoms with Crippen molar-refractivity contribution in [3.63, 3.8) is 0 Å². The fourth-order valence-electron chi connectivity index (χ4n) is 2.45. The van der Waals surface area contributed by atoms with Crippen molar-refractivity contribution in [1.29, 1.82) is 0 Å². The lowest BCUT2D eigenvalue weighted by Gasteiger charge is -2.12. The Kier molecular flexibility index (Phi) is 4.47. The Balaban J connectivity index is 1.89. The molecule has 0 spiro atoms. The van der Waals surface area contributed by atoms with Gasteiger partial charge in [0.25, 0.3) is 0 Å². The topological polar surface area (TPSA) is 66.8 Å². The van der Waals surface area contributed by atoms with Crippen LogP contribution in [0.4, 0.5) is 0 Å². The third kappa shape index (κ3) is 3.38. The van der Waals surface area contributed by atoms with Crippen molar-refractivity contribution in [2.75, 3.05) is 0 Å². The SMILES string of the molecule is O=C(O)c1ccc(-c2ccccc2OCc2ccccc2)cc1O. The van der Waals surface area contributed by atoms with Crippen LogP contribution in [0.3, 0.4) is 0 Å². The second-order valence-corrected chi connectivity index (χ2v) is 5.31. The van der Waals surface area contributed by atoms with Crippen molar-refractivity contribution in [3.05, 3.63) is 83.9 Å². The van der Waals surface area contributed by atoms with Gasteiger partial charge in [0.15, 0.2) is 0 Å². The van der Waals surface area contributed by atoms with E-state index in [1.165, 1.54) is 12.1 Å². The van der Waals surface area contributed by atoms with Crippen LogP contribution in [0.25, 0.3) is 11.1 Å². The summed E-state index contributed by atoms with van der Waals surface area (Å²) in [5.41, 5.74) is 2.42. The minimum atomic E-state index is -1.16. The number of rotatable bonds is 5. The van der Waals surface area contributed by atoms with Crippen LogP contribution >= 0.6 is 0 Å². The van der Waals surface area contributed by atoms with Crippen LogP contribution in [-0.2, 0) is 6.61 Å². The normalized spacial score (nSPS) is 10.3. The van der Waals surface area contributed by atoms with Crippen molar-refractivity contribution in [2.45, 2.75) is 6.61 Å². The maximum atomic E-state index is 11.0. The van der Waals surface area contributed by atoms with E-state index in [-0.39, 0.29) is 11.3 Å². The Morgan fingerprint density at radius 2 is 1.62 bits per heavy atom. The Hall–Kier alpha value is -3.27. The van der Waals surface area contributed by atoms with E-state index in [9.17, 15) is 9.90 Å². The van der Waals surface area contributed by atoms with Crippen LogP contribution in [0.2, 0.25) is 0 Å². The summed E-state index contributed by atoms with van der Waals surface area (Å²) >= 11 is 0. The Morgan fingerprint density at radius 3 is 2.33 bits per heavy atom. The number of ether oxygens (including phenoxy) is 1. The highest BCUT2D eigenvalue weighted by atomic mass is 16.5. The smallest absolute Gasteiger partial charge is 0.339 e. The Morgan fingerprint density at radius 1 is 0.917 bits per heavy atom. The molecular weight excluding hydrogens is 304 g/mol. The number of hydrogen-bond donors (Lipinski definition) is 2. The molecule has 0 aliphatic heterocycles. The van der Waals surface area contributed by atoms with Crippen LogP contribution < -0.4 is 4.74 Å². The fraction of sp³-hybridized carbons (Fsp3) is 0.0500. The van der Waals surface area contributed by atoms with E-state index < -0.39 is 5.97 Å². The zero-order valence-electron chi connectivity index (χ0n) is 12.8. The third-order valence-corrected chi connectivity index (χ3v) is 3.66. The predicted octanol–water partition coefficient (Wildman–Crippen LogP) is 4.34. The van der Waals surface area contributed by atoms with Gasteiger partial charge in [-0.05, 0) is 29.3 Å². The number of carboxylic acid groups (broad SMARTS) is 1. The molecule has 0 saturated carbocycles. The number of benzene rings is 3. The largest absolute Gasteiger partial charge is 0.507 e. The van der Waals surface area contributed by atoms with Gasteiger partial charge in [0.05, 0.1) is 0 Å². The van der Waals surface area contributed by atoms with E-state index in [2.05, 4.69) is 0 Å². The third-order valence-electron chi connectivity index (χ3n) is 3.66. The number of phenols is 1. The van der Waals surface area contributed by atoms with E-state index in [0.717, 1.165) is 11.1 Å². The van der Waals surface area contributed by atoms with E-state index >= 15 is 0 Å². The van der Waals surface area contributed by atoms with Crippen LogP contribution in [0, 0.1) is 0 Å². The van der Waals surface area contributed by atoms with Gasteiger partial charge in [-0.1, -0.05) is 54.6 Å². The summed E-state index contributed by atoms with van der Waals surface area (Å²) in [6.45, 7) is 0.428. The molecular formula is C20H16O4. The van der Waals surface area contributed by atoms with Gasteiger partial charge >= 0.3 is 5.97 Å². The second kappa shape index (κ2) is 6.87. The van der Waals surface area contributed by atoms with Crippen molar-refractivity contribution < 1.29 is 19.7 Å². The average molecular weight is 320 g/mol. The first-order valence-corrected chi connectivity index (χ1v) is 7.47. The molecule has 0 aliphatic carbocycles. The molecule has 4 nitrogen and oxygen atoms in total. The maximum absolute atomic E-state index is 11.0. The number of carboxylic acids is 1. The van der Waals surface area contributed by atoms with Gasteiger partial charge in [-0.15, -0.1) is 0 Å². The molecule has 0 amide bonds. The molecule has 3 aromatic carbocycles. The number of aromatic carboxylic acids is 1. The number of para-hydroxylation sites is 1. The second-order valence-electron chi connectivity index (χ2n) is 5.31. The highest BCUT2D eigenvalue weighted by Gasteiger charge is 2.12. The first-order valence-electron chi connectivity index (χ1n) is 7.47. The molecule has 0 radical (unpaired) electrons. The summed E-state index contributed by atoms with van der Waals surface area (Å²) in [6.07, 6.45) is 0. The van der Waals surface area contributed by atoms with Gasteiger partial charge in [-0.3, -0.25) is 0 Å². The molecule has 0 fully saturated rings. The fourth-order valence-corrected chi connectivity index (χ4v) is 2.45. The van der Waals surface area contributed by atoms with Crippen LogP contribution in [0.15, 0.2) is 72.8 Å². The summed E-state index contributed by atoms with van der Waals surface area (Å²) in [5, 5.41) is 18.9. The molecule has 3 aromatic rings. The first kappa shape index (κ1) is 15.6. The Labute approximate surface area is 139 Å². The summed E-state index contributed by atoms with van der Waals surface area (Å²) in [4.78, 5) is 11.0. The molecule has 0 bridgehead atoms. The molecule has 0 aliphatic rings. The van der Waals surface area contributed by atoms with E-state index in [0.29, 0.717) is 17.9 Å². The van der Waals surface area contributed by atoms with Crippen molar-refractivity contribution in [3.8, 4) is 22.6 Å². The van der Waals surface area contributed by atoms with E-state index in [1.807, 2.05) is 54.6 Å². The molecule has 0 unspecified atom stereocenters. The van der Waals surface area contributed by atoms with Gasteiger partial charge in [-0.25, -0.2) is 4.79 Å². The molecule has 0 heterocycles. The van der Waals surface area contributed by atoms with Gasteiger partial charge in [0.1, 0.15) is 23.7 Å². The first-order chi connectivity index (χ1) is 11.6. The zero-order chi connectivity index (χ0) is 16.9. The van der Waals surface area contributed by atoms with Crippen LogP contribution in [0.5, 0.6) is 11.5 Å². The van der Waals surface area contributed by atoms with Crippen LogP contribution in [0.1, 0.15) is 15.9 Å². The lowest BCUT2D eigenvalue weighted by molar-refractivity contribution is 0.0694. The maximum Gasteiger partial charge on any atom is 0.339 e. The van der Waals surface area contributed by atoms with E-state index in [4.69, 9.17) is 9.84 Å².